The second-order valence-electron chi connectivity index (χ2n) is 9.68. The predicted octanol–water partition coefficient (Wildman–Crippen LogP) is 4.82. The first kappa shape index (κ1) is 24.2. The van der Waals surface area contributed by atoms with Gasteiger partial charge in [-0.1, -0.05) is 0 Å². The Kier molecular flexibility index (Phi) is 6.95. The Morgan fingerprint density at radius 2 is 1.78 bits per heavy atom. The molecule has 2 saturated heterocycles. The largest absolute Gasteiger partial charge is 0.444 e. The van der Waals surface area contributed by atoms with E-state index in [-0.39, 0.29) is 23.7 Å². The van der Waals surface area contributed by atoms with Gasteiger partial charge in [-0.3, -0.25) is 4.79 Å². The van der Waals surface area contributed by atoms with Crippen molar-refractivity contribution >= 4 is 17.7 Å². The number of carbonyl (C=O) groups is 2. The molecule has 2 aliphatic heterocycles. The fourth-order valence-corrected chi connectivity index (χ4v) is 4.33. The van der Waals surface area contributed by atoms with E-state index in [0.29, 0.717) is 31.6 Å². The Morgan fingerprint density at radius 1 is 1.09 bits per heavy atom. The van der Waals surface area contributed by atoms with Gasteiger partial charge in [0.15, 0.2) is 0 Å². The van der Waals surface area contributed by atoms with Crippen LogP contribution < -0.4 is 5.32 Å². The maximum absolute atomic E-state index is 13.2. The molecule has 1 aromatic carbocycles. The Bertz CT molecular complexity index is 851. The number of anilines is 1. The van der Waals surface area contributed by atoms with E-state index in [1.54, 1.807) is 22.8 Å². The van der Waals surface area contributed by atoms with E-state index < -0.39 is 23.4 Å². The van der Waals surface area contributed by atoms with Crippen molar-refractivity contribution in [2.24, 2.45) is 0 Å². The fraction of sp³-hybridized carbons (Fsp3) is 0.652. The molecule has 6 nitrogen and oxygen atoms in total. The summed E-state index contributed by atoms with van der Waals surface area (Å²) in [7, 11) is 0. The van der Waals surface area contributed by atoms with E-state index in [9.17, 15) is 22.8 Å². The molecule has 1 N–H and O–H groups in total. The number of nitrogens with one attached hydrogen (secondary N) is 1. The van der Waals surface area contributed by atoms with Gasteiger partial charge in [-0.05, 0) is 77.1 Å². The number of rotatable bonds is 3. The normalized spacial score (nSPS) is 22.7. The molecule has 0 bridgehead atoms. The number of halogens is 3. The van der Waals surface area contributed by atoms with Crippen LogP contribution in [0.25, 0.3) is 0 Å². The molecule has 0 saturated carbocycles. The van der Waals surface area contributed by atoms with Gasteiger partial charge >= 0.3 is 12.3 Å². The van der Waals surface area contributed by atoms with Crippen LogP contribution in [0.1, 0.15) is 57.6 Å². The smallest absolute Gasteiger partial charge is 0.416 e. The molecule has 32 heavy (non-hydrogen) atoms. The van der Waals surface area contributed by atoms with Gasteiger partial charge in [0, 0.05) is 31.4 Å². The second-order valence-corrected chi connectivity index (χ2v) is 9.68. The molecule has 0 radical (unpaired) electrons. The molecule has 2 atom stereocenters. The lowest BCUT2D eigenvalue weighted by atomic mass is 9.97. The first-order valence-electron chi connectivity index (χ1n) is 11.1. The lowest BCUT2D eigenvalue weighted by molar-refractivity contribution is -0.138. The highest BCUT2D eigenvalue weighted by molar-refractivity contribution is 5.86. The molecule has 3 rings (SSSR count). The van der Waals surface area contributed by atoms with Crippen molar-refractivity contribution in [2.75, 3.05) is 25.0 Å². The van der Waals surface area contributed by atoms with Crippen molar-refractivity contribution in [2.45, 2.75) is 77.2 Å². The minimum absolute atomic E-state index is 0.128. The Morgan fingerprint density at radius 3 is 2.44 bits per heavy atom. The van der Waals surface area contributed by atoms with Crippen LogP contribution in [0.15, 0.2) is 18.2 Å². The topological polar surface area (TPSA) is 61.9 Å². The molecule has 178 valence electrons. The third-order valence-electron chi connectivity index (χ3n) is 5.71. The zero-order chi connectivity index (χ0) is 23.7. The highest BCUT2D eigenvalue weighted by Gasteiger charge is 2.37. The predicted molar refractivity (Wildman–Crippen MR) is 115 cm³/mol. The molecule has 2 amide bonds. The van der Waals surface area contributed by atoms with Gasteiger partial charge in [0.25, 0.3) is 0 Å². The third kappa shape index (κ3) is 6.07. The maximum Gasteiger partial charge on any atom is 0.416 e. The quantitative estimate of drug-likeness (QED) is 0.710. The van der Waals surface area contributed by atoms with Crippen LogP contribution in [0.2, 0.25) is 0 Å². The summed E-state index contributed by atoms with van der Waals surface area (Å²) < 4.78 is 45.0. The van der Waals surface area contributed by atoms with Gasteiger partial charge < -0.3 is 19.9 Å². The number of nitrogens with zero attached hydrogens (tertiary/aromatic N) is 2. The third-order valence-corrected chi connectivity index (χ3v) is 5.71. The van der Waals surface area contributed by atoms with E-state index >= 15 is 0 Å². The zero-order valence-electron chi connectivity index (χ0n) is 19.1. The van der Waals surface area contributed by atoms with Gasteiger partial charge in [0.05, 0.1) is 5.56 Å². The van der Waals surface area contributed by atoms with Crippen molar-refractivity contribution in [1.29, 1.82) is 0 Å². The maximum atomic E-state index is 13.2. The monoisotopic (exact) mass is 455 g/mol. The van der Waals surface area contributed by atoms with Gasteiger partial charge in [-0.15, -0.1) is 0 Å². The average molecular weight is 456 g/mol. The number of benzene rings is 1. The van der Waals surface area contributed by atoms with Crippen molar-refractivity contribution in [1.82, 2.24) is 9.80 Å². The highest BCUT2D eigenvalue weighted by atomic mass is 19.4. The van der Waals surface area contributed by atoms with E-state index in [2.05, 4.69) is 5.32 Å². The van der Waals surface area contributed by atoms with Crippen LogP contribution in [-0.2, 0) is 15.7 Å². The summed E-state index contributed by atoms with van der Waals surface area (Å²) in [4.78, 5) is 29.1. The molecule has 0 aromatic heterocycles. The lowest BCUT2D eigenvalue weighted by Gasteiger charge is -2.43. The van der Waals surface area contributed by atoms with Crippen molar-refractivity contribution in [3.63, 3.8) is 0 Å². The Hall–Kier alpha value is -2.45. The molecular weight excluding hydrogens is 423 g/mol. The summed E-state index contributed by atoms with van der Waals surface area (Å²) in [5.41, 5.74) is -0.567. The average Bonchev–Trinajstić information content (AvgIpc) is 2.67. The standard InChI is InChI=1S/C23H32F3N3O3/c1-15-11-16(23(24,25)26)13-17(12-15)27-19-8-6-10-29(20(19)30)18-7-5-9-28(14-18)21(31)32-22(2,3)4/h11-13,18-19,27H,5-10,14H2,1-4H3/t18-,19?/m1/s1. The van der Waals surface area contributed by atoms with Gasteiger partial charge in [0.2, 0.25) is 5.91 Å². The van der Waals surface area contributed by atoms with E-state index in [0.717, 1.165) is 31.4 Å². The number of hydrogen-bond donors (Lipinski definition) is 1. The molecule has 2 aliphatic rings. The first-order valence-corrected chi connectivity index (χ1v) is 11.1. The minimum atomic E-state index is -4.45. The number of alkyl halides is 3. The van der Waals surface area contributed by atoms with Crippen LogP contribution in [0.5, 0.6) is 0 Å². The molecule has 9 heteroatoms. The van der Waals surface area contributed by atoms with Crippen molar-refractivity contribution in [3.8, 4) is 0 Å². The highest BCUT2D eigenvalue weighted by Crippen LogP contribution is 2.32. The number of piperidine rings is 2. The minimum Gasteiger partial charge on any atom is -0.444 e. The van der Waals surface area contributed by atoms with E-state index in [4.69, 9.17) is 4.74 Å². The number of ether oxygens (including phenoxy) is 1. The summed E-state index contributed by atoms with van der Waals surface area (Å²) >= 11 is 0. The van der Waals surface area contributed by atoms with Crippen molar-refractivity contribution < 1.29 is 27.5 Å². The molecule has 0 spiro atoms. The summed E-state index contributed by atoms with van der Waals surface area (Å²) in [5, 5.41) is 3.02. The summed E-state index contributed by atoms with van der Waals surface area (Å²) in [6.45, 7) is 8.59. The molecule has 2 heterocycles. The Balaban J connectivity index is 1.69. The van der Waals surface area contributed by atoms with Gasteiger partial charge in [0.1, 0.15) is 11.6 Å². The first-order chi connectivity index (χ1) is 14.8. The van der Waals surface area contributed by atoms with Crippen LogP contribution in [0, 0.1) is 6.92 Å². The van der Waals surface area contributed by atoms with Crippen LogP contribution >= 0.6 is 0 Å². The number of hydrogen-bond acceptors (Lipinski definition) is 4. The second kappa shape index (κ2) is 9.19. The van der Waals surface area contributed by atoms with Gasteiger partial charge in [-0.2, -0.15) is 13.2 Å². The fourth-order valence-electron chi connectivity index (χ4n) is 4.33. The molecule has 1 unspecified atom stereocenters. The molecule has 2 fully saturated rings. The number of aryl methyl sites for hydroxylation is 1. The van der Waals surface area contributed by atoms with Crippen LogP contribution in [-0.4, -0.2) is 59.1 Å². The Labute approximate surface area is 187 Å². The van der Waals surface area contributed by atoms with E-state index in [1.807, 2.05) is 20.8 Å². The van der Waals surface area contributed by atoms with Gasteiger partial charge in [-0.25, -0.2) is 4.79 Å². The summed E-state index contributed by atoms with van der Waals surface area (Å²) in [6, 6.07) is 3.03. The SMILES string of the molecule is Cc1cc(NC2CCCN([C@@H]3CCCN(C(=O)OC(C)(C)C)C3)C2=O)cc(C(F)(F)F)c1. The lowest BCUT2D eigenvalue weighted by Crippen LogP contribution is -2.57. The molecule has 0 aliphatic carbocycles. The number of carbonyl (C=O) groups excluding carboxylic acids is 2. The van der Waals surface area contributed by atoms with Crippen LogP contribution in [0.3, 0.4) is 0 Å². The van der Waals surface area contributed by atoms with Crippen molar-refractivity contribution in [3.05, 3.63) is 29.3 Å². The zero-order valence-corrected chi connectivity index (χ0v) is 19.1. The summed E-state index contributed by atoms with van der Waals surface area (Å²) in [5.74, 6) is -0.137. The molecule has 1 aromatic rings. The molecular formula is C23H32F3N3O3. The van der Waals surface area contributed by atoms with E-state index in [1.165, 1.54) is 0 Å². The number of amides is 2. The van der Waals surface area contributed by atoms with Crippen LogP contribution in [0.4, 0.5) is 23.7 Å². The summed E-state index contributed by atoms with van der Waals surface area (Å²) in [6.07, 6.45) is -2.00. The number of likely N-dealkylation sites (tertiary alicyclic amines) is 2.